The van der Waals surface area contributed by atoms with Crippen LogP contribution >= 0.6 is 11.8 Å². The van der Waals surface area contributed by atoms with Crippen molar-refractivity contribution in [1.82, 2.24) is 10.6 Å². The molecule has 0 aromatic carbocycles. The van der Waals surface area contributed by atoms with Crippen molar-refractivity contribution in [3.63, 3.8) is 0 Å². The highest BCUT2D eigenvalue weighted by Gasteiger charge is 2.20. The van der Waals surface area contributed by atoms with E-state index in [0.29, 0.717) is 5.25 Å². The number of aliphatic hydroxyl groups excluding tert-OH is 1. The third kappa shape index (κ3) is 5.70. The minimum absolute atomic E-state index is 0.0408. The maximum absolute atomic E-state index is 11.6. The van der Waals surface area contributed by atoms with Crippen molar-refractivity contribution in [1.29, 1.82) is 0 Å². The molecule has 1 amide bonds. The fraction of sp³-hybridized carbons (Fsp3) is 0.818. The number of carbonyl (C=O) groups excluding carboxylic acids is 1. The van der Waals surface area contributed by atoms with E-state index in [0.717, 1.165) is 25.9 Å². The third-order valence-corrected chi connectivity index (χ3v) is 4.16. The van der Waals surface area contributed by atoms with Crippen LogP contribution in [0.4, 0.5) is 0 Å². The first-order valence-corrected chi connectivity index (χ1v) is 7.13. The molecule has 0 aromatic rings. The van der Waals surface area contributed by atoms with Crippen LogP contribution in [0.15, 0.2) is 0 Å². The van der Waals surface area contributed by atoms with Gasteiger partial charge in [-0.3, -0.25) is 4.79 Å². The van der Waals surface area contributed by atoms with Crippen molar-refractivity contribution in [2.75, 3.05) is 25.4 Å². The van der Waals surface area contributed by atoms with E-state index in [4.69, 9.17) is 10.2 Å². The van der Waals surface area contributed by atoms with Gasteiger partial charge in [0.2, 0.25) is 5.91 Å². The monoisotopic (exact) mass is 276 g/mol. The zero-order valence-corrected chi connectivity index (χ0v) is 11.0. The quantitative estimate of drug-likeness (QED) is 0.497. The minimum Gasteiger partial charge on any atom is -0.480 e. The molecule has 0 aliphatic carbocycles. The molecule has 0 saturated carbocycles. The number of carbonyl (C=O) groups is 2. The molecule has 18 heavy (non-hydrogen) atoms. The molecule has 1 aliphatic heterocycles. The van der Waals surface area contributed by atoms with Gasteiger partial charge in [-0.05, 0) is 25.9 Å². The number of aliphatic carboxylic acids is 1. The molecule has 1 atom stereocenters. The topological polar surface area (TPSA) is 98.7 Å². The van der Waals surface area contributed by atoms with Gasteiger partial charge in [0.05, 0.1) is 5.75 Å². The van der Waals surface area contributed by atoms with Gasteiger partial charge >= 0.3 is 5.97 Å². The Hall–Kier alpha value is -0.790. The smallest absolute Gasteiger partial charge is 0.326 e. The second-order valence-corrected chi connectivity index (χ2v) is 5.52. The molecular formula is C11H20N2O4S. The number of carboxylic acid groups (broad SMARTS) is 1. The number of thioether (sulfide) groups is 1. The third-order valence-electron chi connectivity index (χ3n) is 2.79. The predicted molar refractivity (Wildman–Crippen MR) is 69.6 cm³/mol. The summed E-state index contributed by atoms with van der Waals surface area (Å²) in [6.07, 6.45) is 2.12. The van der Waals surface area contributed by atoms with Crippen molar-refractivity contribution in [3.8, 4) is 0 Å². The highest BCUT2D eigenvalue weighted by Crippen LogP contribution is 2.19. The summed E-state index contributed by atoms with van der Waals surface area (Å²) in [6.45, 7) is 1.70. The summed E-state index contributed by atoms with van der Waals surface area (Å²) in [5, 5.41) is 23.7. The molecule has 1 saturated heterocycles. The first-order valence-electron chi connectivity index (χ1n) is 6.09. The van der Waals surface area contributed by atoms with Gasteiger partial charge in [0.1, 0.15) is 6.04 Å². The highest BCUT2D eigenvalue weighted by atomic mass is 32.2. The summed E-state index contributed by atoms with van der Waals surface area (Å²) >= 11 is 1.57. The van der Waals surface area contributed by atoms with E-state index in [2.05, 4.69) is 10.6 Å². The largest absolute Gasteiger partial charge is 0.480 e. The molecule has 0 radical (unpaired) electrons. The van der Waals surface area contributed by atoms with Gasteiger partial charge in [-0.25, -0.2) is 4.79 Å². The average Bonchev–Trinajstić information content (AvgIpc) is 2.37. The molecule has 0 spiro atoms. The number of aliphatic hydroxyl groups is 1. The number of hydrogen-bond donors (Lipinski definition) is 4. The zero-order chi connectivity index (χ0) is 13.4. The molecule has 1 rings (SSSR count). The fourth-order valence-electron chi connectivity index (χ4n) is 1.78. The SMILES string of the molecule is O=C(CSC1CCNCC1)N[C@H](CCO)C(=O)O. The van der Waals surface area contributed by atoms with Gasteiger partial charge in [0, 0.05) is 18.3 Å². The molecular weight excluding hydrogens is 256 g/mol. The van der Waals surface area contributed by atoms with Gasteiger partial charge in [-0.1, -0.05) is 0 Å². The lowest BCUT2D eigenvalue weighted by Crippen LogP contribution is -2.42. The minimum atomic E-state index is -1.11. The second-order valence-electron chi connectivity index (χ2n) is 4.23. The Morgan fingerprint density at radius 1 is 1.39 bits per heavy atom. The van der Waals surface area contributed by atoms with Crippen LogP contribution in [0.25, 0.3) is 0 Å². The normalized spacial score (nSPS) is 18.3. The summed E-state index contributed by atoms with van der Waals surface area (Å²) in [6, 6.07) is -0.990. The maximum Gasteiger partial charge on any atom is 0.326 e. The molecule has 7 heteroatoms. The van der Waals surface area contributed by atoms with Crippen molar-refractivity contribution in [2.24, 2.45) is 0 Å². The Labute approximate surface area is 111 Å². The highest BCUT2D eigenvalue weighted by molar-refractivity contribution is 8.00. The lowest BCUT2D eigenvalue weighted by molar-refractivity contribution is -0.141. The van der Waals surface area contributed by atoms with Crippen LogP contribution in [0.3, 0.4) is 0 Å². The van der Waals surface area contributed by atoms with E-state index >= 15 is 0 Å². The van der Waals surface area contributed by atoms with Crippen LogP contribution in [-0.4, -0.2) is 58.8 Å². The molecule has 1 heterocycles. The van der Waals surface area contributed by atoms with Crippen LogP contribution in [-0.2, 0) is 9.59 Å². The number of carboxylic acids is 1. The van der Waals surface area contributed by atoms with E-state index in [1.807, 2.05) is 0 Å². The molecule has 6 nitrogen and oxygen atoms in total. The van der Waals surface area contributed by atoms with Crippen molar-refractivity contribution < 1.29 is 19.8 Å². The molecule has 0 unspecified atom stereocenters. The van der Waals surface area contributed by atoms with Crippen LogP contribution in [0.1, 0.15) is 19.3 Å². The Morgan fingerprint density at radius 2 is 2.06 bits per heavy atom. The lowest BCUT2D eigenvalue weighted by atomic mass is 10.2. The first-order chi connectivity index (χ1) is 8.63. The molecule has 4 N–H and O–H groups in total. The molecule has 0 aromatic heterocycles. The second kappa shape index (κ2) is 8.34. The van der Waals surface area contributed by atoms with Gasteiger partial charge in [0.15, 0.2) is 0 Å². The Kier molecular flexibility index (Phi) is 7.07. The zero-order valence-electron chi connectivity index (χ0n) is 10.2. The lowest BCUT2D eigenvalue weighted by Gasteiger charge is -2.22. The fourth-order valence-corrected chi connectivity index (χ4v) is 2.82. The Bertz CT molecular complexity index is 282. The first kappa shape index (κ1) is 15.3. The molecule has 104 valence electrons. The van der Waals surface area contributed by atoms with Gasteiger partial charge in [0.25, 0.3) is 0 Å². The Balaban J connectivity index is 2.24. The number of piperidine rings is 1. The van der Waals surface area contributed by atoms with Crippen LogP contribution in [0.5, 0.6) is 0 Å². The van der Waals surface area contributed by atoms with E-state index in [1.54, 1.807) is 11.8 Å². The summed E-state index contributed by atoms with van der Waals surface area (Å²) in [5.74, 6) is -1.11. The van der Waals surface area contributed by atoms with Crippen LogP contribution in [0, 0.1) is 0 Å². The van der Waals surface area contributed by atoms with E-state index in [9.17, 15) is 9.59 Å². The molecule has 1 fully saturated rings. The van der Waals surface area contributed by atoms with Crippen LogP contribution < -0.4 is 10.6 Å². The summed E-state index contributed by atoms with van der Waals surface area (Å²) in [5.41, 5.74) is 0. The van der Waals surface area contributed by atoms with Gasteiger partial charge < -0.3 is 20.8 Å². The molecule has 0 bridgehead atoms. The Morgan fingerprint density at radius 3 is 2.61 bits per heavy atom. The standard InChI is InChI=1S/C11H20N2O4S/c14-6-3-9(11(16)17)13-10(15)7-18-8-1-4-12-5-2-8/h8-9,12,14H,1-7H2,(H,13,15)(H,16,17)/t9-/m1/s1. The van der Waals surface area contributed by atoms with Crippen molar-refractivity contribution in [3.05, 3.63) is 0 Å². The predicted octanol–water partition coefficient (Wildman–Crippen LogP) is -0.577. The average molecular weight is 276 g/mol. The maximum atomic E-state index is 11.6. The summed E-state index contributed by atoms with van der Waals surface area (Å²) in [4.78, 5) is 22.4. The number of rotatable bonds is 7. The van der Waals surface area contributed by atoms with E-state index in [-0.39, 0.29) is 24.7 Å². The molecule has 1 aliphatic rings. The van der Waals surface area contributed by atoms with Crippen molar-refractivity contribution in [2.45, 2.75) is 30.6 Å². The van der Waals surface area contributed by atoms with Crippen LogP contribution in [0.2, 0.25) is 0 Å². The van der Waals surface area contributed by atoms with E-state index < -0.39 is 12.0 Å². The van der Waals surface area contributed by atoms with Gasteiger partial charge in [-0.15, -0.1) is 11.8 Å². The number of nitrogens with one attached hydrogen (secondary N) is 2. The summed E-state index contributed by atoms with van der Waals surface area (Å²) < 4.78 is 0. The summed E-state index contributed by atoms with van der Waals surface area (Å²) in [7, 11) is 0. The van der Waals surface area contributed by atoms with Gasteiger partial charge in [-0.2, -0.15) is 0 Å². The van der Waals surface area contributed by atoms with Crippen molar-refractivity contribution >= 4 is 23.6 Å². The number of amides is 1. The van der Waals surface area contributed by atoms with E-state index in [1.165, 1.54) is 0 Å². The number of hydrogen-bond acceptors (Lipinski definition) is 5.